The molecular weight excluding hydrogens is 436 g/mol. The standard InChI is InChI=1S/C26H26N2O4S/c1-26(2,3)32-23(29)15-18-11-14-21-20-7-5-6-8-22(20)27(24(21)25(18)33-4)16-17-9-12-19(13-10-17)28(30)31/h5-14H,15-16H2,1-4H3. The van der Waals surface area contributed by atoms with Gasteiger partial charge in [0, 0.05) is 39.9 Å². The molecule has 0 fully saturated rings. The van der Waals surface area contributed by atoms with Gasteiger partial charge in [-0.2, -0.15) is 0 Å². The zero-order valence-corrected chi connectivity index (χ0v) is 19.9. The molecule has 1 aromatic heterocycles. The summed E-state index contributed by atoms with van der Waals surface area (Å²) in [6, 6.07) is 19.0. The average Bonchev–Trinajstić information content (AvgIpc) is 3.06. The number of fused-ring (bicyclic) bond motifs is 3. The number of non-ortho nitro benzene ring substituents is 1. The first-order chi connectivity index (χ1) is 15.7. The van der Waals surface area contributed by atoms with E-state index in [4.69, 9.17) is 4.74 Å². The van der Waals surface area contributed by atoms with Crippen LogP contribution in [0.25, 0.3) is 21.8 Å². The topological polar surface area (TPSA) is 74.4 Å². The van der Waals surface area contributed by atoms with E-state index in [1.807, 2.05) is 45.2 Å². The molecule has 33 heavy (non-hydrogen) atoms. The average molecular weight is 463 g/mol. The molecule has 170 valence electrons. The minimum atomic E-state index is -0.536. The largest absolute Gasteiger partial charge is 0.460 e. The molecule has 0 aliphatic rings. The Labute approximate surface area is 196 Å². The number of para-hydroxylation sites is 1. The fraction of sp³-hybridized carbons (Fsp3) is 0.269. The lowest BCUT2D eigenvalue weighted by Gasteiger charge is -2.20. The van der Waals surface area contributed by atoms with Gasteiger partial charge in [-0.15, -0.1) is 11.8 Å². The number of esters is 1. The molecule has 0 spiro atoms. The van der Waals surface area contributed by atoms with Crippen molar-refractivity contribution in [2.75, 3.05) is 6.26 Å². The molecule has 0 unspecified atom stereocenters. The molecule has 0 amide bonds. The molecule has 0 saturated carbocycles. The lowest BCUT2D eigenvalue weighted by atomic mass is 10.1. The molecule has 3 aromatic carbocycles. The van der Waals surface area contributed by atoms with Crippen LogP contribution in [-0.4, -0.2) is 27.3 Å². The van der Waals surface area contributed by atoms with Crippen LogP contribution < -0.4 is 0 Å². The molecule has 0 bridgehead atoms. The smallest absolute Gasteiger partial charge is 0.310 e. The van der Waals surface area contributed by atoms with Gasteiger partial charge in [-0.1, -0.05) is 42.5 Å². The monoisotopic (exact) mass is 462 g/mol. The van der Waals surface area contributed by atoms with Crippen molar-refractivity contribution in [1.82, 2.24) is 4.57 Å². The van der Waals surface area contributed by atoms with Crippen LogP contribution in [0.5, 0.6) is 0 Å². The number of hydrogen-bond donors (Lipinski definition) is 0. The Hall–Kier alpha value is -3.32. The minimum absolute atomic E-state index is 0.0745. The van der Waals surface area contributed by atoms with Gasteiger partial charge < -0.3 is 9.30 Å². The summed E-state index contributed by atoms with van der Waals surface area (Å²) >= 11 is 1.61. The number of carbonyl (C=O) groups excluding carboxylic acids is 1. The van der Waals surface area contributed by atoms with Gasteiger partial charge in [0.2, 0.25) is 0 Å². The van der Waals surface area contributed by atoms with Crippen LogP contribution in [0.4, 0.5) is 5.69 Å². The van der Waals surface area contributed by atoms with E-state index in [0.29, 0.717) is 6.54 Å². The maximum atomic E-state index is 12.6. The second kappa shape index (κ2) is 8.90. The van der Waals surface area contributed by atoms with Gasteiger partial charge in [0.1, 0.15) is 5.60 Å². The van der Waals surface area contributed by atoms with Crippen LogP contribution in [0, 0.1) is 10.1 Å². The van der Waals surface area contributed by atoms with E-state index in [-0.39, 0.29) is 23.0 Å². The summed E-state index contributed by atoms with van der Waals surface area (Å²) in [5.74, 6) is -0.254. The molecule has 0 radical (unpaired) electrons. The summed E-state index contributed by atoms with van der Waals surface area (Å²) in [4.78, 5) is 24.3. The fourth-order valence-electron chi connectivity index (χ4n) is 4.13. The van der Waals surface area contributed by atoms with Crippen LogP contribution in [0.2, 0.25) is 0 Å². The molecule has 0 aliphatic carbocycles. The Morgan fingerprint density at radius 1 is 1.03 bits per heavy atom. The molecule has 0 saturated heterocycles. The number of nitro benzene ring substituents is 1. The highest BCUT2D eigenvalue weighted by atomic mass is 32.2. The minimum Gasteiger partial charge on any atom is -0.460 e. The van der Waals surface area contributed by atoms with Crippen LogP contribution in [0.1, 0.15) is 31.9 Å². The third-order valence-corrected chi connectivity index (χ3v) is 6.28. The Balaban J connectivity index is 1.85. The number of hydrogen-bond acceptors (Lipinski definition) is 5. The normalized spacial score (nSPS) is 11.8. The third-order valence-electron chi connectivity index (χ3n) is 5.41. The molecule has 0 aliphatic heterocycles. The number of rotatable bonds is 6. The molecular formula is C26H26N2O4S. The van der Waals surface area contributed by atoms with E-state index in [1.54, 1.807) is 23.9 Å². The summed E-state index contributed by atoms with van der Waals surface area (Å²) in [7, 11) is 0. The summed E-state index contributed by atoms with van der Waals surface area (Å²) in [5, 5.41) is 13.3. The van der Waals surface area contributed by atoms with Crippen LogP contribution in [-0.2, 0) is 22.5 Å². The van der Waals surface area contributed by atoms with Crippen molar-refractivity contribution in [1.29, 1.82) is 0 Å². The van der Waals surface area contributed by atoms with Gasteiger partial charge in [0.15, 0.2) is 0 Å². The maximum absolute atomic E-state index is 12.6. The van der Waals surface area contributed by atoms with E-state index in [0.717, 1.165) is 37.8 Å². The lowest BCUT2D eigenvalue weighted by molar-refractivity contribution is -0.384. The van der Waals surface area contributed by atoms with Gasteiger partial charge in [0.25, 0.3) is 5.69 Å². The van der Waals surface area contributed by atoms with E-state index in [9.17, 15) is 14.9 Å². The summed E-state index contributed by atoms with van der Waals surface area (Å²) in [6.07, 6.45) is 2.21. The highest BCUT2D eigenvalue weighted by molar-refractivity contribution is 7.98. The molecule has 7 heteroatoms. The van der Waals surface area contributed by atoms with Gasteiger partial charge >= 0.3 is 5.97 Å². The molecule has 6 nitrogen and oxygen atoms in total. The number of ether oxygens (including phenoxy) is 1. The first-order valence-electron chi connectivity index (χ1n) is 10.7. The summed E-state index contributed by atoms with van der Waals surface area (Å²) < 4.78 is 7.79. The predicted octanol–water partition coefficient (Wildman–Crippen LogP) is 6.36. The second-order valence-electron chi connectivity index (χ2n) is 8.94. The number of aromatic nitrogens is 1. The molecule has 0 atom stereocenters. The van der Waals surface area contributed by atoms with Crippen molar-refractivity contribution in [3.8, 4) is 0 Å². The molecule has 4 aromatic rings. The number of nitrogens with zero attached hydrogens (tertiary/aromatic N) is 2. The Morgan fingerprint density at radius 3 is 2.36 bits per heavy atom. The summed E-state index contributed by atoms with van der Waals surface area (Å²) in [6.45, 7) is 6.16. The van der Waals surface area contributed by atoms with Gasteiger partial charge in [-0.25, -0.2) is 0 Å². The van der Waals surface area contributed by atoms with Crippen molar-refractivity contribution >= 4 is 45.2 Å². The van der Waals surface area contributed by atoms with Crippen LogP contribution in [0.3, 0.4) is 0 Å². The highest BCUT2D eigenvalue weighted by Gasteiger charge is 2.21. The zero-order chi connectivity index (χ0) is 23.8. The van der Waals surface area contributed by atoms with E-state index in [2.05, 4.69) is 22.8 Å². The number of thioether (sulfide) groups is 1. The summed E-state index contributed by atoms with van der Waals surface area (Å²) in [5.41, 5.74) is 3.57. The first kappa shape index (κ1) is 22.9. The van der Waals surface area contributed by atoms with Crippen molar-refractivity contribution in [3.63, 3.8) is 0 Å². The maximum Gasteiger partial charge on any atom is 0.310 e. The number of carbonyl (C=O) groups is 1. The van der Waals surface area contributed by atoms with E-state index < -0.39 is 5.60 Å². The van der Waals surface area contributed by atoms with Gasteiger partial charge in [-0.3, -0.25) is 14.9 Å². The lowest BCUT2D eigenvalue weighted by Crippen LogP contribution is -2.25. The quantitative estimate of drug-likeness (QED) is 0.144. The Kier molecular flexibility index (Phi) is 6.17. The Morgan fingerprint density at radius 2 is 1.73 bits per heavy atom. The first-order valence-corrected chi connectivity index (χ1v) is 11.9. The van der Waals surface area contributed by atoms with Crippen molar-refractivity contribution in [3.05, 3.63) is 81.9 Å². The third kappa shape index (κ3) is 4.73. The van der Waals surface area contributed by atoms with Gasteiger partial charge in [0.05, 0.1) is 16.9 Å². The molecule has 1 heterocycles. The number of nitro groups is 1. The predicted molar refractivity (Wildman–Crippen MR) is 133 cm³/mol. The fourth-order valence-corrected chi connectivity index (χ4v) is 4.94. The van der Waals surface area contributed by atoms with Crippen LogP contribution >= 0.6 is 11.8 Å². The molecule has 0 N–H and O–H groups in total. The zero-order valence-electron chi connectivity index (χ0n) is 19.1. The highest BCUT2D eigenvalue weighted by Crippen LogP contribution is 2.38. The van der Waals surface area contributed by atoms with Crippen molar-refractivity contribution < 1.29 is 14.5 Å². The van der Waals surface area contributed by atoms with Crippen LogP contribution in [0.15, 0.2) is 65.6 Å². The SMILES string of the molecule is CSc1c(CC(=O)OC(C)(C)C)ccc2c3ccccc3n(Cc3ccc([N+](=O)[O-])cc3)c12. The number of benzene rings is 3. The van der Waals surface area contributed by atoms with Gasteiger partial charge in [-0.05, 0) is 44.2 Å². The molecule has 4 rings (SSSR count). The van der Waals surface area contributed by atoms with E-state index >= 15 is 0 Å². The Bertz CT molecular complexity index is 1350. The second-order valence-corrected chi connectivity index (χ2v) is 9.76. The van der Waals surface area contributed by atoms with E-state index in [1.165, 1.54) is 12.1 Å². The van der Waals surface area contributed by atoms with Crippen molar-refractivity contribution in [2.45, 2.75) is 44.2 Å². The van der Waals surface area contributed by atoms with Crippen molar-refractivity contribution in [2.24, 2.45) is 0 Å².